The Bertz CT molecular complexity index is 339. The lowest BCUT2D eigenvalue weighted by Crippen LogP contribution is -2.51. The van der Waals surface area contributed by atoms with Gasteiger partial charge in [-0.1, -0.05) is 0 Å². The molecule has 5 nitrogen and oxygen atoms in total. The zero-order valence-corrected chi connectivity index (χ0v) is 10.7. The number of ether oxygens (including phenoxy) is 1. The van der Waals surface area contributed by atoms with E-state index >= 15 is 0 Å². The molecule has 1 aliphatic rings. The van der Waals surface area contributed by atoms with Crippen LogP contribution in [0, 0.1) is 0 Å². The number of rotatable bonds is 5. The van der Waals surface area contributed by atoms with E-state index in [2.05, 4.69) is 15.6 Å². The number of aliphatic hydroxyl groups is 1. The first kappa shape index (κ1) is 13.3. The fraction of sp³-hybridized carbons (Fsp3) is 0.615. The molecule has 5 heteroatoms. The summed E-state index contributed by atoms with van der Waals surface area (Å²) >= 11 is 0. The molecule has 2 atom stereocenters. The molecule has 0 radical (unpaired) electrons. The maximum absolute atomic E-state index is 9.79. The highest BCUT2D eigenvalue weighted by Gasteiger charge is 2.22. The van der Waals surface area contributed by atoms with Crippen LogP contribution in [0.5, 0.6) is 5.75 Å². The number of aromatic nitrogens is 1. The van der Waals surface area contributed by atoms with Gasteiger partial charge < -0.3 is 15.2 Å². The van der Waals surface area contributed by atoms with Crippen molar-refractivity contribution in [2.75, 3.05) is 13.1 Å². The molecule has 0 amide bonds. The van der Waals surface area contributed by atoms with Crippen LogP contribution in [0.15, 0.2) is 24.5 Å². The van der Waals surface area contributed by atoms with Crippen LogP contribution in [-0.4, -0.2) is 41.6 Å². The SMILES string of the molecule is CC(O)C(NC1CCNCC1)Oc1ccncc1. The third-order valence-corrected chi connectivity index (χ3v) is 3.09. The Morgan fingerprint density at radius 2 is 2.06 bits per heavy atom. The number of nitrogens with one attached hydrogen (secondary N) is 2. The second-order valence-electron chi connectivity index (χ2n) is 4.65. The van der Waals surface area contributed by atoms with Gasteiger partial charge in [0.1, 0.15) is 11.9 Å². The van der Waals surface area contributed by atoms with Crippen LogP contribution in [0.3, 0.4) is 0 Å². The van der Waals surface area contributed by atoms with Gasteiger partial charge in [-0.05, 0) is 45.0 Å². The highest BCUT2D eigenvalue weighted by atomic mass is 16.5. The van der Waals surface area contributed by atoms with E-state index in [0.29, 0.717) is 6.04 Å². The van der Waals surface area contributed by atoms with Gasteiger partial charge in [0, 0.05) is 18.4 Å². The molecular weight excluding hydrogens is 230 g/mol. The van der Waals surface area contributed by atoms with Crippen molar-refractivity contribution in [2.24, 2.45) is 0 Å². The summed E-state index contributed by atoms with van der Waals surface area (Å²) in [5, 5.41) is 16.5. The predicted octanol–water partition coefficient (Wildman–Crippen LogP) is 0.509. The second kappa shape index (κ2) is 6.68. The molecule has 1 aromatic rings. The minimum atomic E-state index is -0.562. The molecule has 0 bridgehead atoms. The summed E-state index contributed by atoms with van der Waals surface area (Å²) < 4.78 is 5.76. The van der Waals surface area contributed by atoms with Crippen LogP contribution >= 0.6 is 0 Å². The van der Waals surface area contributed by atoms with Crippen molar-refractivity contribution in [1.82, 2.24) is 15.6 Å². The number of aliphatic hydroxyl groups excluding tert-OH is 1. The van der Waals surface area contributed by atoms with Gasteiger partial charge in [0.2, 0.25) is 0 Å². The largest absolute Gasteiger partial charge is 0.472 e. The van der Waals surface area contributed by atoms with Gasteiger partial charge in [0.15, 0.2) is 6.23 Å². The molecule has 3 N–H and O–H groups in total. The summed E-state index contributed by atoms with van der Waals surface area (Å²) in [6.07, 6.45) is 4.53. The van der Waals surface area contributed by atoms with Gasteiger partial charge in [-0.3, -0.25) is 10.3 Å². The Morgan fingerprint density at radius 1 is 1.39 bits per heavy atom. The first-order valence-corrected chi connectivity index (χ1v) is 6.47. The number of hydrogen-bond donors (Lipinski definition) is 3. The predicted molar refractivity (Wildman–Crippen MR) is 69.4 cm³/mol. The molecule has 2 unspecified atom stereocenters. The summed E-state index contributed by atoms with van der Waals surface area (Å²) in [6, 6.07) is 3.98. The van der Waals surface area contributed by atoms with Crippen LogP contribution < -0.4 is 15.4 Å². The van der Waals surface area contributed by atoms with E-state index in [0.717, 1.165) is 31.7 Å². The fourth-order valence-electron chi connectivity index (χ4n) is 2.06. The summed E-state index contributed by atoms with van der Waals surface area (Å²) in [5.74, 6) is 0.720. The van der Waals surface area contributed by atoms with E-state index in [1.807, 2.05) is 0 Å². The molecule has 0 spiro atoms. The van der Waals surface area contributed by atoms with Crippen LogP contribution in [0.1, 0.15) is 19.8 Å². The summed E-state index contributed by atoms with van der Waals surface area (Å²) in [6.45, 7) is 3.76. The van der Waals surface area contributed by atoms with Gasteiger partial charge in [-0.2, -0.15) is 0 Å². The van der Waals surface area contributed by atoms with E-state index in [-0.39, 0.29) is 6.23 Å². The molecule has 2 heterocycles. The molecule has 1 aromatic heterocycles. The molecule has 0 aromatic carbocycles. The highest BCUT2D eigenvalue weighted by molar-refractivity contribution is 5.17. The van der Waals surface area contributed by atoms with Crippen molar-refractivity contribution >= 4 is 0 Å². The zero-order valence-electron chi connectivity index (χ0n) is 10.7. The maximum atomic E-state index is 9.79. The Balaban J connectivity index is 1.91. The Labute approximate surface area is 108 Å². The zero-order chi connectivity index (χ0) is 12.8. The summed E-state index contributed by atoms with van der Waals surface area (Å²) in [4.78, 5) is 3.94. The van der Waals surface area contributed by atoms with Crippen LogP contribution in [0.4, 0.5) is 0 Å². The lowest BCUT2D eigenvalue weighted by molar-refractivity contribution is 0.0165. The van der Waals surface area contributed by atoms with Crippen LogP contribution in [-0.2, 0) is 0 Å². The van der Waals surface area contributed by atoms with Crippen LogP contribution in [0.2, 0.25) is 0 Å². The molecule has 1 saturated heterocycles. The van der Waals surface area contributed by atoms with Crippen molar-refractivity contribution in [2.45, 2.75) is 38.1 Å². The maximum Gasteiger partial charge on any atom is 0.176 e. The summed E-state index contributed by atoms with van der Waals surface area (Å²) in [7, 11) is 0. The monoisotopic (exact) mass is 251 g/mol. The molecule has 1 fully saturated rings. The van der Waals surface area contributed by atoms with Gasteiger partial charge in [-0.15, -0.1) is 0 Å². The molecule has 2 rings (SSSR count). The van der Waals surface area contributed by atoms with E-state index in [9.17, 15) is 5.11 Å². The quantitative estimate of drug-likeness (QED) is 0.665. The van der Waals surface area contributed by atoms with Crippen LogP contribution in [0.25, 0.3) is 0 Å². The molecular formula is C13H21N3O2. The average molecular weight is 251 g/mol. The van der Waals surface area contributed by atoms with E-state index in [1.54, 1.807) is 31.5 Å². The standard InChI is InChI=1S/C13H21N3O2/c1-10(17)13(16-11-2-6-14-7-3-11)18-12-4-8-15-9-5-12/h4-5,8-11,13-14,16-17H,2-3,6-7H2,1H3. The molecule has 100 valence electrons. The number of nitrogens with zero attached hydrogens (tertiary/aromatic N) is 1. The fourth-order valence-corrected chi connectivity index (χ4v) is 2.06. The normalized spacial score (nSPS) is 20.3. The van der Waals surface area contributed by atoms with Gasteiger partial charge in [-0.25, -0.2) is 0 Å². The van der Waals surface area contributed by atoms with E-state index in [1.165, 1.54) is 0 Å². The second-order valence-corrected chi connectivity index (χ2v) is 4.65. The molecule has 0 aliphatic carbocycles. The number of hydrogen-bond acceptors (Lipinski definition) is 5. The Kier molecular flexibility index (Phi) is 4.92. The highest BCUT2D eigenvalue weighted by Crippen LogP contribution is 2.12. The third-order valence-electron chi connectivity index (χ3n) is 3.09. The first-order valence-electron chi connectivity index (χ1n) is 6.47. The Hall–Kier alpha value is -1.17. The topological polar surface area (TPSA) is 66.4 Å². The number of piperidine rings is 1. The minimum Gasteiger partial charge on any atom is -0.472 e. The lowest BCUT2D eigenvalue weighted by Gasteiger charge is -2.30. The molecule has 18 heavy (non-hydrogen) atoms. The Morgan fingerprint density at radius 3 is 2.67 bits per heavy atom. The van der Waals surface area contributed by atoms with Crippen molar-refractivity contribution in [3.05, 3.63) is 24.5 Å². The van der Waals surface area contributed by atoms with Gasteiger partial charge in [0.05, 0.1) is 0 Å². The molecule has 1 aliphatic heterocycles. The van der Waals surface area contributed by atoms with E-state index < -0.39 is 6.10 Å². The smallest absolute Gasteiger partial charge is 0.176 e. The van der Waals surface area contributed by atoms with Gasteiger partial charge in [0.25, 0.3) is 0 Å². The van der Waals surface area contributed by atoms with Crippen molar-refractivity contribution in [3.8, 4) is 5.75 Å². The molecule has 0 saturated carbocycles. The van der Waals surface area contributed by atoms with Gasteiger partial charge >= 0.3 is 0 Å². The number of pyridine rings is 1. The lowest BCUT2D eigenvalue weighted by atomic mass is 10.1. The minimum absolute atomic E-state index is 0.379. The van der Waals surface area contributed by atoms with Crippen molar-refractivity contribution < 1.29 is 9.84 Å². The van der Waals surface area contributed by atoms with Crippen molar-refractivity contribution in [1.29, 1.82) is 0 Å². The average Bonchev–Trinajstić information content (AvgIpc) is 2.40. The first-order chi connectivity index (χ1) is 8.75. The third kappa shape index (κ3) is 3.94. The van der Waals surface area contributed by atoms with Crippen molar-refractivity contribution in [3.63, 3.8) is 0 Å². The van der Waals surface area contributed by atoms with E-state index in [4.69, 9.17) is 4.74 Å². The summed E-state index contributed by atoms with van der Waals surface area (Å²) in [5.41, 5.74) is 0.